The molecule has 0 aliphatic heterocycles. The number of aliphatic carboxylic acids is 1. The van der Waals surface area contributed by atoms with Gasteiger partial charge in [-0.1, -0.05) is 61.9 Å². The summed E-state index contributed by atoms with van der Waals surface area (Å²) in [5, 5.41) is 17.9. The van der Waals surface area contributed by atoms with E-state index >= 15 is 0 Å². The van der Waals surface area contributed by atoms with Crippen LogP contribution in [0.3, 0.4) is 0 Å². The maximum absolute atomic E-state index is 13.2. The van der Waals surface area contributed by atoms with Crippen molar-refractivity contribution in [2.75, 3.05) is 5.32 Å². The molecule has 7 heteroatoms. The van der Waals surface area contributed by atoms with E-state index in [0.29, 0.717) is 24.9 Å². The monoisotopic (exact) mass is 453 g/mol. The van der Waals surface area contributed by atoms with Crippen LogP contribution in [0.15, 0.2) is 54.6 Å². The number of rotatable bonds is 12. The number of carboxylic acids is 1. The molecule has 0 fully saturated rings. The summed E-state index contributed by atoms with van der Waals surface area (Å²) in [5.41, 5.74) is 2.86. The summed E-state index contributed by atoms with van der Waals surface area (Å²) >= 11 is 0. The lowest BCUT2D eigenvalue weighted by molar-refractivity contribution is -0.139. The first-order valence-corrected chi connectivity index (χ1v) is 11.4. The highest BCUT2D eigenvalue weighted by Crippen LogP contribution is 2.12. The van der Waals surface area contributed by atoms with Gasteiger partial charge in [0.2, 0.25) is 11.8 Å². The van der Waals surface area contributed by atoms with Crippen molar-refractivity contribution in [2.45, 2.75) is 65.1 Å². The second-order valence-corrected chi connectivity index (χ2v) is 8.85. The maximum atomic E-state index is 13.2. The average molecular weight is 454 g/mol. The van der Waals surface area contributed by atoms with E-state index in [1.165, 1.54) is 6.92 Å². The number of benzene rings is 2. The molecule has 178 valence electrons. The lowest BCUT2D eigenvalue weighted by Gasteiger charge is -2.25. The number of aryl methyl sites for hydroxylation is 2. The molecule has 3 atom stereocenters. The van der Waals surface area contributed by atoms with Crippen molar-refractivity contribution in [1.29, 1.82) is 0 Å². The van der Waals surface area contributed by atoms with Gasteiger partial charge in [-0.15, -0.1) is 0 Å². The first-order valence-electron chi connectivity index (χ1n) is 11.4. The zero-order valence-electron chi connectivity index (χ0n) is 19.8. The fourth-order valence-electron chi connectivity index (χ4n) is 3.46. The van der Waals surface area contributed by atoms with Crippen molar-refractivity contribution < 1.29 is 19.5 Å². The van der Waals surface area contributed by atoms with Crippen LogP contribution in [-0.4, -0.2) is 41.0 Å². The number of nitrogens with one attached hydrogen (secondary N) is 3. The van der Waals surface area contributed by atoms with Gasteiger partial charge in [0, 0.05) is 5.69 Å². The molecule has 0 aliphatic carbocycles. The maximum Gasteiger partial charge on any atom is 0.320 e. The number of anilines is 1. The zero-order valence-corrected chi connectivity index (χ0v) is 19.8. The molecular weight excluding hydrogens is 418 g/mol. The summed E-state index contributed by atoms with van der Waals surface area (Å²) in [6, 6.07) is 14.7. The Morgan fingerprint density at radius 2 is 1.52 bits per heavy atom. The van der Waals surface area contributed by atoms with E-state index in [4.69, 9.17) is 0 Å². The van der Waals surface area contributed by atoms with E-state index in [-0.39, 0.29) is 17.7 Å². The standard InChI is InChI=1S/C26H35N3O4/c1-17(2)16-23(25(31)28-21-8-6-5-7-9-21)29-24(30)22(27-19(4)26(32)33)15-14-20-12-10-18(3)11-13-20/h5-13,17,19,22-23,27H,14-16H2,1-4H3,(H,28,31)(H,29,30)(H,32,33)/t19-,22+,23+/m1/s1. The highest BCUT2D eigenvalue weighted by atomic mass is 16.4. The van der Waals surface area contributed by atoms with Crippen LogP contribution in [0.2, 0.25) is 0 Å². The molecule has 0 saturated heterocycles. The summed E-state index contributed by atoms with van der Waals surface area (Å²) in [7, 11) is 0. The highest BCUT2D eigenvalue weighted by molar-refractivity contribution is 5.97. The minimum atomic E-state index is -1.04. The zero-order chi connectivity index (χ0) is 24.4. The van der Waals surface area contributed by atoms with Gasteiger partial charge in [-0.05, 0) is 56.7 Å². The first-order chi connectivity index (χ1) is 15.7. The summed E-state index contributed by atoms with van der Waals surface area (Å²) < 4.78 is 0. The molecule has 0 saturated carbocycles. The number of hydrogen-bond acceptors (Lipinski definition) is 4. The second kappa shape index (κ2) is 12.7. The van der Waals surface area contributed by atoms with Crippen LogP contribution in [-0.2, 0) is 20.8 Å². The Bertz CT molecular complexity index is 913. The molecule has 0 aromatic heterocycles. The van der Waals surface area contributed by atoms with Crippen LogP contribution in [0.25, 0.3) is 0 Å². The van der Waals surface area contributed by atoms with Crippen molar-refractivity contribution in [3.63, 3.8) is 0 Å². The number of carbonyl (C=O) groups excluding carboxylic acids is 2. The minimum Gasteiger partial charge on any atom is -0.480 e. The smallest absolute Gasteiger partial charge is 0.320 e. The molecular formula is C26H35N3O4. The Kier molecular flexibility index (Phi) is 10.1. The predicted octanol–water partition coefficient (Wildman–Crippen LogP) is 3.53. The quantitative estimate of drug-likeness (QED) is 0.393. The molecule has 0 aliphatic rings. The number of amides is 2. The van der Waals surface area contributed by atoms with Crippen molar-refractivity contribution in [1.82, 2.24) is 10.6 Å². The van der Waals surface area contributed by atoms with Crippen LogP contribution in [0, 0.1) is 12.8 Å². The Balaban J connectivity index is 2.12. The molecule has 33 heavy (non-hydrogen) atoms. The van der Waals surface area contributed by atoms with Gasteiger partial charge in [0.15, 0.2) is 0 Å². The highest BCUT2D eigenvalue weighted by Gasteiger charge is 2.28. The van der Waals surface area contributed by atoms with Gasteiger partial charge >= 0.3 is 5.97 Å². The molecule has 2 amide bonds. The molecule has 0 bridgehead atoms. The normalized spacial score (nSPS) is 13.7. The first kappa shape index (κ1) is 26.1. The molecule has 0 heterocycles. The van der Waals surface area contributed by atoms with Crippen LogP contribution < -0.4 is 16.0 Å². The molecule has 2 rings (SSSR count). The molecule has 2 aromatic carbocycles. The lowest BCUT2D eigenvalue weighted by atomic mass is 10.00. The topological polar surface area (TPSA) is 108 Å². The molecule has 0 unspecified atom stereocenters. The molecule has 7 nitrogen and oxygen atoms in total. The van der Waals surface area contributed by atoms with Crippen LogP contribution in [0.4, 0.5) is 5.69 Å². The van der Waals surface area contributed by atoms with Crippen LogP contribution in [0.1, 0.15) is 44.7 Å². The third-order valence-electron chi connectivity index (χ3n) is 5.36. The van der Waals surface area contributed by atoms with Crippen LogP contribution in [0.5, 0.6) is 0 Å². The van der Waals surface area contributed by atoms with Gasteiger partial charge in [-0.3, -0.25) is 19.7 Å². The summed E-state index contributed by atoms with van der Waals surface area (Å²) in [5.74, 6) is -1.55. The SMILES string of the molecule is Cc1ccc(CC[C@H](N[C@H](C)C(=O)O)C(=O)N[C@@H](CC(C)C)C(=O)Nc2ccccc2)cc1. The van der Waals surface area contributed by atoms with Crippen molar-refractivity contribution in [3.05, 3.63) is 65.7 Å². The summed E-state index contributed by atoms with van der Waals surface area (Å²) in [6.07, 6.45) is 1.47. The Morgan fingerprint density at radius 1 is 0.879 bits per heavy atom. The molecule has 4 N–H and O–H groups in total. The van der Waals surface area contributed by atoms with E-state index in [9.17, 15) is 19.5 Å². The van der Waals surface area contributed by atoms with Crippen molar-refractivity contribution in [2.24, 2.45) is 5.92 Å². The third-order valence-corrected chi connectivity index (χ3v) is 5.36. The van der Waals surface area contributed by atoms with Gasteiger partial charge in [-0.2, -0.15) is 0 Å². The van der Waals surface area contributed by atoms with Gasteiger partial charge in [-0.25, -0.2) is 0 Å². The second-order valence-electron chi connectivity index (χ2n) is 8.85. The van der Waals surface area contributed by atoms with E-state index in [2.05, 4.69) is 16.0 Å². The average Bonchev–Trinajstić information content (AvgIpc) is 2.77. The van der Waals surface area contributed by atoms with E-state index in [1.54, 1.807) is 12.1 Å². The number of hydrogen-bond donors (Lipinski definition) is 4. The van der Waals surface area contributed by atoms with Gasteiger partial charge < -0.3 is 15.7 Å². The van der Waals surface area contributed by atoms with E-state index < -0.39 is 24.1 Å². The Morgan fingerprint density at radius 3 is 2.09 bits per heavy atom. The Hall–Kier alpha value is -3.19. The third kappa shape index (κ3) is 9.06. The molecule has 0 spiro atoms. The largest absolute Gasteiger partial charge is 0.480 e. The number of carbonyl (C=O) groups is 3. The van der Waals surface area contributed by atoms with E-state index in [0.717, 1.165) is 11.1 Å². The molecule has 0 radical (unpaired) electrons. The Labute approximate surface area is 196 Å². The van der Waals surface area contributed by atoms with Gasteiger partial charge in [0.25, 0.3) is 0 Å². The summed E-state index contributed by atoms with van der Waals surface area (Å²) in [4.78, 5) is 37.5. The fraction of sp³-hybridized carbons (Fsp3) is 0.423. The summed E-state index contributed by atoms with van der Waals surface area (Å²) in [6.45, 7) is 7.47. The van der Waals surface area contributed by atoms with E-state index in [1.807, 2.05) is 63.2 Å². The minimum absolute atomic E-state index is 0.175. The van der Waals surface area contributed by atoms with Gasteiger partial charge in [0.05, 0.1) is 6.04 Å². The lowest BCUT2D eigenvalue weighted by Crippen LogP contribution is -2.54. The van der Waals surface area contributed by atoms with Crippen molar-refractivity contribution in [3.8, 4) is 0 Å². The number of carboxylic acid groups (broad SMARTS) is 1. The molecule has 2 aromatic rings. The predicted molar refractivity (Wildman–Crippen MR) is 130 cm³/mol. The fourth-order valence-corrected chi connectivity index (χ4v) is 3.46. The number of para-hydroxylation sites is 1. The van der Waals surface area contributed by atoms with Gasteiger partial charge in [0.1, 0.15) is 12.1 Å². The van der Waals surface area contributed by atoms with Crippen LogP contribution >= 0.6 is 0 Å². The van der Waals surface area contributed by atoms with Crippen molar-refractivity contribution >= 4 is 23.5 Å².